The van der Waals surface area contributed by atoms with E-state index in [9.17, 15) is 9.59 Å². The molecule has 2 aromatic heterocycles. The molecule has 0 unspecified atom stereocenters. The molecule has 0 bridgehead atoms. The van der Waals surface area contributed by atoms with Crippen molar-refractivity contribution in [2.24, 2.45) is 0 Å². The lowest BCUT2D eigenvalue weighted by atomic mass is 10.1. The zero-order valence-corrected chi connectivity index (χ0v) is 14.9. The molecule has 0 aliphatic heterocycles. The van der Waals surface area contributed by atoms with E-state index in [0.29, 0.717) is 11.6 Å². The second-order valence-electron chi connectivity index (χ2n) is 6.80. The molecule has 1 aliphatic carbocycles. The van der Waals surface area contributed by atoms with E-state index >= 15 is 0 Å². The predicted octanol–water partition coefficient (Wildman–Crippen LogP) is 2.57. The maximum atomic E-state index is 12.8. The number of para-hydroxylation sites is 1. The molecule has 1 atom stereocenters. The molecule has 4 aromatic rings. The third kappa shape index (κ3) is 2.68. The third-order valence-electron chi connectivity index (χ3n) is 5.10. The summed E-state index contributed by atoms with van der Waals surface area (Å²) in [6.45, 7) is 0. The number of rotatable bonds is 3. The molecule has 2 aromatic carbocycles. The molecule has 2 heterocycles. The Hall–Kier alpha value is -3.74. The molecular formula is C21H17N5O2. The summed E-state index contributed by atoms with van der Waals surface area (Å²) >= 11 is 0. The summed E-state index contributed by atoms with van der Waals surface area (Å²) in [5.41, 5.74) is 2.31. The lowest BCUT2D eigenvalue weighted by Crippen LogP contribution is -2.34. The van der Waals surface area contributed by atoms with Crippen molar-refractivity contribution in [2.45, 2.75) is 18.9 Å². The summed E-state index contributed by atoms with van der Waals surface area (Å²) in [6, 6.07) is 17.2. The Morgan fingerprint density at radius 2 is 1.82 bits per heavy atom. The maximum absolute atomic E-state index is 12.8. The van der Waals surface area contributed by atoms with Crippen molar-refractivity contribution in [1.82, 2.24) is 19.5 Å². The van der Waals surface area contributed by atoms with Crippen LogP contribution in [0.5, 0.6) is 0 Å². The van der Waals surface area contributed by atoms with Gasteiger partial charge in [0.2, 0.25) is 5.95 Å². The van der Waals surface area contributed by atoms with Crippen LogP contribution in [0.1, 0.15) is 23.6 Å². The first-order valence-corrected chi connectivity index (χ1v) is 9.12. The molecule has 7 heteroatoms. The summed E-state index contributed by atoms with van der Waals surface area (Å²) in [4.78, 5) is 36.7. The fourth-order valence-electron chi connectivity index (χ4n) is 3.75. The average molecular weight is 371 g/mol. The van der Waals surface area contributed by atoms with Crippen LogP contribution in [0.3, 0.4) is 0 Å². The van der Waals surface area contributed by atoms with Gasteiger partial charge in [-0.1, -0.05) is 42.5 Å². The summed E-state index contributed by atoms with van der Waals surface area (Å²) in [7, 11) is 0. The average Bonchev–Trinajstić information content (AvgIpc) is 3.12. The first-order valence-electron chi connectivity index (χ1n) is 9.12. The van der Waals surface area contributed by atoms with Gasteiger partial charge >= 0.3 is 5.69 Å². The molecular weight excluding hydrogens is 354 g/mol. The quantitative estimate of drug-likeness (QED) is 0.577. The van der Waals surface area contributed by atoms with E-state index in [2.05, 4.69) is 32.4 Å². The second-order valence-corrected chi connectivity index (χ2v) is 6.80. The number of hydrogen-bond acceptors (Lipinski definition) is 5. The van der Waals surface area contributed by atoms with Crippen molar-refractivity contribution >= 4 is 17.0 Å². The van der Waals surface area contributed by atoms with Crippen LogP contribution in [0.2, 0.25) is 0 Å². The van der Waals surface area contributed by atoms with E-state index in [4.69, 9.17) is 0 Å². The summed E-state index contributed by atoms with van der Waals surface area (Å²) < 4.78 is 1.09. The number of anilines is 1. The van der Waals surface area contributed by atoms with E-state index in [1.807, 2.05) is 18.2 Å². The van der Waals surface area contributed by atoms with Crippen LogP contribution < -0.4 is 16.6 Å². The van der Waals surface area contributed by atoms with E-state index in [0.717, 1.165) is 17.4 Å². The molecule has 0 amide bonds. The molecule has 28 heavy (non-hydrogen) atoms. The minimum absolute atomic E-state index is 0.116. The Balaban J connectivity index is 1.54. The van der Waals surface area contributed by atoms with Gasteiger partial charge < -0.3 is 5.32 Å². The fourth-order valence-corrected chi connectivity index (χ4v) is 3.75. The van der Waals surface area contributed by atoms with E-state index < -0.39 is 11.2 Å². The van der Waals surface area contributed by atoms with Gasteiger partial charge in [0.15, 0.2) is 5.65 Å². The number of aromatic nitrogens is 4. The fraction of sp³-hybridized carbons (Fsp3) is 0.143. The number of aromatic amines is 1. The number of hydrogen-bond donors (Lipinski definition) is 2. The smallest absolute Gasteiger partial charge is 0.334 e. The lowest BCUT2D eigenvalue weighted by molar-refractivity contribution is 0.751. The zero-order valence-electron chi connectivity index (χ0n) is 14.9. The van der Waals surface area contributed by atoms with Crippen molar-refractivity contribution in [1.29, 1.82) is 0 Å². The van der Waals surface area contributed by atoms with Gasteiger partial charge in [-0.2, -0.15) is 4.98 Å². The van der Waals surface area contributed by atoms with Gasteiger partial charge in [-0.15, -0.1) is 0 Å². The van der Waals surface area contributed by atoms with Crippen molar-refractivity contribution in [3.63, 3.8) is 0 Å². The first-order chi connectivity index (χ1) is 13.7. The van der Waals surface area contributed by atoms with E-state index in [1.165, 1.54) is 17.3 Å². The summed E-state index contributed by atoms with van der Waals surface area (Å²) in [6.07, 6.45) is 3.41. The zero-order chi connectivity index (χ0) is 19.1. The highest BCUT2D eigenvalue weighted by molar-refractivity contribution is 5.73. The van der Waals surface area contributed by atoms with Gasteiger partial charge in [0.05, 0.1) is 11.7 Å². The van der Waals surface area contributed by atoms with Gasteiger partial charge in [0, 0.05) is 6.20 Å². The van der Waals surface area contributed by atoms with Gasteiger partial charge in [0.1, 0.15) is 5.39 Å². The van der Waals surface area contributed by atoms with Crippen LogP contribution in [0.25, 0.3) is 16.7 Å². The molecule has 0 radical (unpaired) electrons. The molecule has 0 saturated heterocycles. The van der Waals surface area contributed by atoms with Crippen LogP contribution in [-0.4, -0.2) is 19.5 Å². The number of nitrogens with zero attached hydrogens (tertiary/aromatic N) is 3. The molecule has 7 nitrogen and oxygen atoms in total. The molecule has 0 fully saturated rings. The Morgan fingerprint density at radius 3 is 2.68 bits per heavy atom. The van der Waals surface area contributed by atoms with Crippen molar-refractivity contribution in [2.75, 3.05) is 5.32 Å². The van der Waals surface area contributed by atoms with Gasteiger partial charge in [-0.25, -0.2) is 14.3 Å². The number of benzene rings is 2. The highest BCUT2D eigenvalue weighted by Gasteiger charge is 2.22. The normalized spacial score (nSPS) is 15.5. The highest BCUT2D eigenvalue weighted by atomic mass is 16.2. The van der Waals surface area contributed by atoms with Crippen molar-refractivity contribution < 1.29 is 0 Å². The number of aryl methyl sites for hydroxylation is 1. The molecule has 1 aliphatic rings. The predicted molar refractivity (Wildman–Crippen MR) is 107 cm³/mol. The van der Waals surface area contributed by atoms with Crippen LogP contribution in [0, 0.1) is 0 Å². The highest BCUT2D eigenvalue weighted by Crippen LogP contribution is 2.32. The van der Waals surface area contributed by atoms with Gasteiger partial charge in [-0.05, 0) is 36.1 Å². The van der Waals surface area contributed by atoms with Gasteiger partial charge in [-0.3, -0.25) is 9.78 Å². The molecule has 5 rings (SSSR count). The maximum Gasteiger partial charge on any atom is 0.334 e. The van der Waals surface area contributed by atoms with Gasteiger partial charge in [0.25, 0.3) is 5.56 Å². The molecule has 138 valence electrons. The minimum Gasteiger partial charge on any atom is -0.347 e. The largest absolute Gasteiger partial charge is 0.347 e. The minimum atomic E-state index is -0.528. The summed E-state index contributed by atoms with van der Waals surface area (Å²) in [5, 5.41) is 3.59. The van der Waals surface area contributed by atoms with Crippen LogP contribution >= 0.6 is 0 Å². The Bertz CT molecular complexity index is 1290. The lowest BCUT2D eigenvalue weighted by Gasteiger charge is -2.14. The number of nitrogens with one attached hydrogen (secondary N) is 2. The molecule has 2 N–H and O–H groups in total. The Labute approximate surface area is 159 Å². The monoisotopic (exact) mass is 371 g/mol. The van der Waals surface area contributed by atoms with E-state index in [1.54, 1.807) is 24.3 Å². The number of fused-ring (bicyclic) bond motifs is 2. The van der Waals surface area contributed by atoms with Crippen LogP contribution in [-0.2, 0) is 6.42 Å². The topological polar surface area (TPSA) is 92.7 Å². The number of H-pyrrole nitrogens is 1. The molecule has 0 saturated carbocycles. The third-order valence-corrected chi connectivity index (χ3v) is 5.10. The van der Waals surface area contributed by atoms with E-state index in [-0.39, 0.29) is 17.1 Å². The van der Waals surface area contributed by atoms with Crippen LogP contribution in [0.4, 0.5) is 5.95 Å². The van der Waals surface area contributed by atoms with Crippen LogP contribution in [0.15, 0.2) is 70.4 Å². The standard InChI is InChI=1S/C21H17N5O2/c27-19-16-12-22-20(23-17-11-10-13-6-4-5-9-15(13)17)24-18(16)25-21(28)26(19)14-7-2-1-3-8-14/h1-9,12,17H,10-11H2,(H2,22,23,24,25,28)/t17-/m1/s1. The first kappa shape index (κ1) is 16.4. The van der Waals surface area contributed by atoms with Crippen molar-refractivity contribution in [3.8, 4) is 5.69 Å². The SMILES string of the molecule is O=c1[nH]c2nc(N[C@@H]3CCc4ccccc43)ncc2c(=O)n1-c1ccccc1. The molecule has 0 spiro atoms. The summed E-state index contributed by atoms with van der Waals surface area (Å²) in [5.74, 6) is 0.390. The second kappa shape index (κ2) is 6.45. The van der Waals surface area contributed by atoms with Crippen molar-refractivity contribution in [3.05, 3.63) is 92.8 Å². The Morgan fingerprint density at radius 1 is 1.04 bits per heavy atom. The Kier molecular flexibility index (Phi) is 3.79.